The molecule has 2 fully saturated rings. The highest BCUT2D eigenvalue weighted by Gasteiger charge is 2.40. The van der Waals surface area contributed by atoms with Crippen LogP contribution in [0.3, 0.4) is 0 Å². The van der Waals surface area contributed by atoms with Gasteiger partial charge in [-0.2, -0.15) is 0 Å². The van der Waals surface area contributed by atoms with Gasteiger partial charge in [0.25, 0.3) is 0 Å². The lowest BCUT2D eigenvalue weighted by molar-refractivity contribution is 0.294. The molecule has 1 aromatic carbocycles. The van der Waals surface area contributed by atoms with E-state index >= 15 is 0 Å². The van der Waals surface area contributed by atoms with Gasteiger partial charge in [-0.1, -0.05) is 38.1 Å². The van der Waals surface area contributed by atoms with Crippen molar-refractivity contribution in [3.63, 3.8) is 0 Å². The van der Waals surface area contributed by atoms with Gasteiger partial charge in [-0.05, 0) is 61.7 Å². The second-order valence-electron chi connectivity index (χ2n) is 6.81. The second kappa shape index (κ2) is 6.93. The molecule has 0 atom stereocenters. The molecule has 21 heavy (non-hydrogen) atoms. The number of hydrogen-bond donors (Lipinski definition) is 1. The molecule has 0 aliphatic heterocycles. The fraction of sp³-hybridized carbons (Fsp3) is 0.684. The van der Waals surface area contributed by atoms with Crippen LogP contribution in [-0.4, -0.2) is 24.0 Å². The van der Waals surface area contributed by atoms with Crippen LogP contribution in [0, 0.1) is 11.8 Å². The van der Waals surface area contributed by atoms with E-state index in [1.165, 1.54) is 36.8 Å². The largest absolute Gasteiger partial charge is 0.309 e. The van der Waals surface area contributed by atoms with E-state index in [1.807, 2.05) is 0 Å². The average Bonchev–Trinajstić information content (AvgIpc) is 3.39. The lowest BCUT2D eigenvalue weighted by Gasteiger charge is -2.22. The molecule has 0 saturated heterocycles. The third-order valence-corrected chi connectivity index (χ3v) is 5.19. The summed E-state index contributed by atoms with van der Waals surface area (Å²) in [4.78, 5) is 2.50. The zero-order valence-electron chi connectivity index (χ0n) is 13.6. The Labute approximate surface area is 129 Å². The summed E-state index contributed by atoms with van der Waals surface area (Å²) < 4.78 is 0. The molecular weight excluding hydrogens is 256 g/mol. The van der Waals surface area contributed by atoms with E-state index in [0.717, 1.165) is 44.1 Å². The van der Waals surface area contributed by atoms with Crippen LogP contribution in [-0.2, 0) is 13.1 Å². The minimum atomic E-state index is 0.798. The van der Waals surface area contributed by atoms with Gasteiger partial charge in [0.2, 0.25) is 0 Å². The van der Waals surface area contributed by atoms with Gasteiger partial charge in [0, 0.05) is 19.1 Å². The van der Waals surface area contributed by atoms with Gasteiger partial charge in [-0.15, -0.1) is 0 Å². The molecule has 2 aliphatic carbocycles. The Balaban J connectivity index is 1.61. The van der Waals surface area contributed by atoms with E-state index in [2.05, 4.69) is 48.3 Å². The van der Waals surface area contributed by atoms with Crippen LogP contribution < -0.4 is 5.32 Å². The van der Waals surface area contributed by atoms with Crippen molar-refractivity contribution in [1.82, 2.24) is 10.2 Å². The van der Waals surface area contributed by atoms with Crippen molar-refractivity contribution >= 4 is 0 Å². The Morgan fingerprint density at radius 1 is 1.00 bits per heavy atom. The van der Waals surface area contributed by atoms with Gasteiger partial charge in [-0.25, -0.2) is 0 Å². The molecule has 0 aromatic heterocycles. The number of hydrogen-bond acceptors (Lipinski definition) is 2. The third-order valence-electron chi connectivity index (χ3n) is 5.19. The van der Waals surface area contributed by atoms with Crippen molar-refractivity contribution in [2.75, 3.05) is 13.1 Å². The van der Waals surface area contributed by atoms with Crippen molar-refractivity contribution < 1.29 is 0 Å². The maximum Gasteiger partial charge on any atom is 0.0236 e. The van der Waals surface area contributed by atoms with Crippen LogP contribution in [0.25, 0.3) is 0 Å². The summed E-state index contributed by atoms with van der Waals surface area (Å²) in [6.45, 7) is 8.90. The first-order valence-corrected chi connectivity index (χ1v) is 8.84. The normalized spacial score (nSPS) is 18.7. The summed E-state index contributed by atoms with van der Waals surface area (Å²) in [5.41, 5.74) is 3.00. The molecule has 3 rings (SSSR count). The Morgan fingerprint density at radius 3 is 2.10 bits per heavy atom. The van der Waals surface area contributed by atoms with Gasteiger partial charge in [-0.3, -0.25) is 4.90 Å². The van der Waals surface area contributed by atoms with Crippen LogP contribution in [0.2, 0.25) is 0 Å². The van der Waals surface area contributed by atoms with Crippen LogP contribution >= 0.6 is 0 Å². The summed E-state index contributed by atoms with van der Waals surface area (Å²) in [5.74, 6) is 1.96. The van der Waals surface area contributed by atoms with E-state index in [1.54, 1.807) is 0 Å². The third kappa shape index (κ3) is 4.08. The fourth-order valence-corrected chi connectivity index (χ4v) is 3.43. The average molecular weight is 286 g/mol. The van der Waals surface area contributed by atoms with E-state index in [-0.39, 0.29) is 0 Å². The highest BCUT2D eigenvalue weighted by molar-refractivity contribution is 5.27. The molecule has 2 aliphatic rings. The monoisotopic (exact) mass is 286 g/mol. The van der Waals surface area contributed by atoms with Gasteiger partial charge in [0.1, 0.15) is 0 Å². The smallest absolute Gasteiger partial charge is 0.0236 e. The van der Waals surface area contributed by atoms with Crippen molar-refractivity contribution in [2.24, 2.45) is 11.8 Å². The van der Waals surface area contributed by atoms with Crippen molar-refractivity contribution in [1.29, 1.82) is 0 Å². The van der Waals surface area contributed by atoms with Crippen LogP contribution in [0.1, 0.15) is 50.7 Å². The molecule has 2 nitrogen and oxygen atoms in total. The molecule has 0 radical (unpaired) electrons. The Hall–Kier alpha value is -0.860. The maximum atomic E-state index is 3.89. The number of nitrogens with one attached hydrogen (secondary N) is 1. The zero-order chi connectivity index (χ0) is 14.7. The van der Waals surface area contributed by atoms with Gasteiger partial charge < -0.3 is 5.32 Å². The minimum Gasteiger partial charge on any atom is -0.309 e. The Morgan fingerprint density at radius 2 is 1.57 bits per heavy atom. The first-order chi connectivity index (χ1) is 10.3. The highest BCUT2D eigenvalue weighted by Crippen LogP contribution is 2.44. The predicted molar refractivity (Wildman–Crippen MR) is 89.1 cm³/mol. The highest BCUT2D eigenvalue weighted by atomic mass is 15.1. The summed E-state index contributed by atoms with van der Waals surface area (Å²) in [6.07, 6.45) is 5.81. The lowest BCUT2D eigenvalue weighted by atomic mass is 10.0. The quantitative estimate of drug-likeness (QED) is 0.742. The number of benzene rings is 1. The number of rotatable bonds is 9. The summed E-state index contributed by atoms with van der Waals surface area (Å²) in [5, 5.41) is 3.89. The van der Waals surface area contributed by atoms with Crippen LogP contribution in [0.15, 0.2) is 24.3 Å². The zero-order valence-corrected chi connectivity index (χ0v) is 13.6. The molecule has 0 amide bonds. The fourth-order valence-electron chi connectivity index (χ4n) is 3.43. The van der Waals surface area contributed by atoms with Crippen LogP contribution in [0.4, 0.5) is 0 Å². The lowest BCUT2D eigenvalue weighted by Crippen LogP contribution is -2.33. The molecule has 0 heterocycles. The van der Waals surface area contributed by atoms with Crippen molar-refractivity contribution in [3.8, 4) is 0 Å². The number of nitrogens with zero attached hydrogens (tertiary/aromatic N) is 1. The van der Waals surface area contributed by atoms with E-state index < -0.39 is 0 Å². The van der Waals surface area contributed by atoms with Crippen molar-refractivity contribution in [3.05, 3.63) is 35.4 Å². The first-order valence-electron chi connectivity index (χ1n) is 8.84. The standard InChI is InChI=1S/C19H30N2/c1-3-21(4-2)14-18-8-6-5-7-17(18)13-20-19(15-9-10-15)16-11-12-16/h5-8,15-16,19-20H,3-4,9-14H2,1-2H3. The molecule has 0 bridgehead atoms. The minimum absolute atomic E-state index is 0.798. The molecule has 116 valence electrons. The first kappa shape index (κ1) is 15.1. The van der Waals surface area contributed by atoms with Crippen LogP contribution in [0.5, 0.6) is 0 Å². The molecule has 0 unspecified atom stereocenters. The topological polar surface area (TPSA) is 15.3 Å². The summed E-state index contributed by atoms with van der Waals surface area (Å²) in [7, 11) is 0. The maximum absolute atomic E-state index is 3.89. The molecule has 2 saturated carbocycles. The van der Waals surface area contributed by atoms with Crippen molar-refractivity contribution in [2.45, 2.75) is 58.7 Å². The van der Waals surface area contributed by atoms with Gasteiger partial charge >= 0.3 is 0 Å². The molecular formula is C19H30N2. The van der Waals surface area contributed by atoms with E-state index in [0.29, 0.717) is 0 Å². The van der Waals surface area contributed by atoms with E-state index in [9.17, 15) is 0 Å². The van der Waals surface area contributed by atoms with Gasteiger partial charge in [0.15, 0.2) is 0 Å². The SMILES string of the molecule is CCN(CC)Cc1ccccc1CNC(C1CC1)C1CC1. The molecule has 0 spiro atoms. The predicted octanol–water partition coefficient (Wildman–Crippen LogP) is 3.81. The molecule has 2 heteroatoms. The summed E-state index contributed by atoms with van der Waals surface area (Å²) in [6, 6.07) is 9.78. The molecule has 1 aromatic rings. The van der Waals surface area contributed by atoms with Gasteiger partial charge in [0.05, 0.1) is 0 Å². The second-order valence-corrected chi connectivity index (χ2v) is 6.81. The Kier molecular flexibility index (Phi) is 4.97. The molecule has 1 N–H and O–H groups in total. The van der Waals surface area contributed by atoms with E-state index in [4.69, 9.17) is 0 Å². The summed E-state index contributed by atoms with van der Waals surface area (Å²) >= 11 is 0. The Bertz CT molecular complexity index is 433.